The van der Waals surface area contributed by atoms with Crippen LogP contribution in [0.5, 0.6) is 0 Å². The zero-order valence-electron chi connectivity index (χ0n) is 11.2. The smallest absolute Gasteiger partial charge is 0.275 e. The summed E-state index contributed by atoms with van der Waals surface area (Å²) in [5.41, 5.74) is 7.75. The Morgan fingerprint density at radius 3 is 2.95 bits per heavy atom. The van der Waals surface area contributed by atoms with Gasteiger partial charge in [0.25, 0.3) is 5.91 Å². The van der Waals surface area contributed by atoms with E-state index < -0.39 is 0 Å². The SMILES string of the molecule is CC1CC(C)N(C(=O)c2n[nH]c3ccc(N)cc23)C1. The van der Waals surface area contributed by atoms with E-state index in [0.717, 1.165) is 23.9 Å². The first-order valence-electron chi connectivity index (χ1n) is 6.61. The van der Waals surface area contributed by atoms with Crippen molar-refractivity contribution in [2.24, 2.45) is 5.92 Å². The number of likely N-dealkylation sites (tertiary alicyclic amines) is 1. The number of rotatable bonds is 1. The summed E-state index contributed by atoms with van der Waals surface area (Å²) in [6.45, 7) is 5.06. The second kappa shape index (κ2) is 4.26. The molecule has 3 rings (SSSR count). The molecule has 1 fully saturated rings. The highest BCUT2D eigenvalue weighted by molar-refractivity contribution is 6.05. The van der Waals surface area contributed by atoms with Gasteiger partial charge in [0.05, 0.1) is 5.52 Å². The Bertz CT molecular complexity index is 633. The zero-order valence-corrected chi connectivity index (χ0v) is 11.2. The molecule has 3 N–H and O–H groups in total. The van der Waals surface area contributed by atoms with Gasteiger partial charge in [-0.25, -0.2) is 0 Å². The minimum Gasteiger partial charge on any atom is -0.399 e. The predicted octanol–water partition coefficient (Wildman–Crippen LogP) is 2.02. The van der Waals surface area contributed by atoms with Crippen LogP contribution in [0.1, 0.15) is 30.8 Å². The fraction of sp³-hybridized carbons (Fsp3) is 0.429. The Morgan fingerprint density at radius 2 is 2.26 bits per heavy atom. The third-order valence-corrected chi connectivity index (χ3v) is 3.83. The lowest BCUT2D eigenvalue weighted by atomic mass is 10.1. The molecule has 2 unspecified atom stereocenters. The van der Waals surface area contributed by atoms with Crippen LogP contribution in [0.15, 0.2) is 18.2 Å². The molecule has 2 atom stereocenters. The molecular formula is C14H18N4O. The van der Waals surface area contributed by atoms with Gasteiger partial charge in [0.2, 0.25) is 0 Å². The maximum absolute atomic E-state index is 12.6. The summed E-state index contributed by atoms with van der Waals surface area (Å²) in [5, 5.41) is 7.86. The molecule has 0 aliphatic carbocycles. The second-order valence-electron chi connectivity index (χ2n) is 5.52. The fourth-order valence-corrected chi connectivity index (χ4v) is 2.91. The number of H-pyrrole nitrogens is 1. The van der Waals surface area contributed by atoms with E-state index >= 15 is 0 Å². The van der Waals surface area contributed by atoms with Crippen molar-refractivity contribution in [2.75, 3.05) is 12.3 Å². The molecule has 1 amide bonds. The van der Waals surface area contributed by atoms with E-state index in [-0.39, 0.29) is 11.9 Å². The number of nitrogens with two attached hydrogens (primary N) is 1. The summed E-state index contributed by atoms with van der Waals surface area (Å²) < 4.78 is 0. The number of nitrogen functional groups attached to an aromatic ring is 1. The normalized spacial score (nSPS) is 23.2. The van der Waals surface area contributed by atoms with Crippen molar-refractivity contribution >= 4 is 22.5 Å². The Balaban J connectivity index is 2.00. The number of benzene rings is 1. The van der Waals surface area contributed by atoms with Gasteiger partial charge in [-0.05, 0) is 37.5 Å². The molecule has 0 saturated carbocycles. The zero-order chi connectivity index (χ0) is 13.6. The minimum atomic E-state index is -0.00583. The number of anilines is 1. The number of aromatic nitrogens is 2. The molecule has 0 bridgehead atoms. The molecule has 19 heavy (non-hydrogen) atoms. The molecular weight excluding hydrogens is 240 g/mol. The summed E-state index contributed by atoms with van der Waals surface area (Å²) in [4.78, 5) is 14.5. The van der Waals surface area contributed by atoms with Gasteiger partial charge in [-0.15, -0.1) is 0 Å². The standard InChI is InChI=1S/C14H18N4O/c1-8-5-9(2)18(7-8)14(19)13-11-6-10(15)3-4-12(11)16-17-13/h3-4,6,8-9H,5,7,15H2,1-2H3,(H,16,17). The van der Waals surface area contributed by atoms with Crippen LogP contribution in [-0.4, -0.2) is 33.6 Å². The molecule has 5 heteroatoms. The van der Waals surface area contributed by atoms with Crippen LogP contribution in [0, 0.1) is 5.92 Å². The Morgan fingerprint density at radius 1 is 1.47 bits per heavy atom. The number of nitrogens with one attached hydrogen (secondary N) is 1. The van der Waals surface area contributed by atoms with Crippen molar-refractivity contribution in [3.8, 4) is 0 Å². The van der Waals surface area contributed by atoms with E-state index in [9.17, 15) is 4.79 Å². The number of aromatic amines is 1. The van der Waals surface area contributed by atoms with Gasteiger partial charge in [-0.2, -0.15) is 5.10 Å². The Hall–Kier alpha value is -2.04. The first-order valence-corrected chi connectivity index (χ1v) is 6.61. The number of hydrogen-bond acceptors (Lipinski definition) is 3. The van der Waals surface area contributed by atoms with Crippen LogP contribution in [0.2, 0.25) is 0 Å². The molecule has 0 radical (unpaired) electrons. The van der Waals surface area contributed by atoms with Gasteiger partial charge >= 0.3 is 0 Å². The molecule has 1 aliphatic rings. The van der Waals surface area contributed by atoms with Crippen LogP contribution < -0.4 is 5.73 Å². The van der Waals surface area contributed by atoms with E-state index in [2.05, 4.69) is 24.0 Å². The van der Waals surface area contributed by atoms with Gasteiger partial charge in [-0.1, -0.05) is 6.92 Å². The Kier molecular flexibility index (Phi) is 2.69. The lowest BCUT2D eigenvalue weighted by Gasteiger charge is -2.20. The summed E-state index contributed by atoms with van der Waals surface area (Å²) in [7, 11) is 0. The van der Waals surface area contributed by atoms with Crippen molar-refractivity contribution in [2.45, 2.75) is 26.3 Å². The van der Waals surface area contributed by atoms with Gasteiger partial charge in [0.15, 0.2) is 5.69 Å². The van der Waals surface area contributed by atoms with Gasteiger partial charge in [0, 0.05) is 23.7 Å². The van der Waals surface area contributed by atoms with Crippen molar-refractivity contribution in [3.63, 3.8) is 0 Å². The predicted molar refractivity (Wildman–Crippen MR) is 74.8 cm³/mol. The molecule has 1 aromatic carbocycles. The van der Waals surface area contributed by atoms with Crippen LogP contribution in [0.3, 0.4) is 0 Å². The van der Waals surface area contributed by atoms with Gasteiger partial charge in [0.1, 0.15) is 0 Å². The lowest BCUT2D eigenvalue weighted by molar-refractivity contribution is 0.0739. The molecule has 1 aliphatic heterocycles. The van der Waals surface area contributed by atoms with E-state index in [4.69, 9.17) is 5.73 Å². The highest BCUT2D eigenvalue weighted by atomic mass is 16.2. The van der Waals surface area contributed by atoms with Crippen LogP contribution in [-0.2, 0) is 0 Å². The van der Waals surface area contributed by atoms with Crippen molar-refractivity contribution in [1.82, 2.24) is 15.1 Å². The monoisotopic (exact) mass is 258 g/mol. The van der Waals surface area contributed by atoms with Crippen LogP contribution in [0.25, 0.3) is 10.9 Å². The number of carbonyl (C=O) groups is 1. The van der Waals surface area contributed by atoms with Gasteiger partial charge < -0.3 is 10.6 Å². The highest BCUT2D eigenvalue weighted by Gasteiger charge is 2.32. The average molecular weight is 258 g/mol. The molecule has 100 valence electrons. The number of hydrogen-bond donors (Lipinski definition) is 2. The first-order chi connectivity index (χ1) is 9.06. The maximum Gasteiger partial charge on any atom is 0.275 e. The summed E-state index contributed by atoms with van der Waals surface area (Å²) >= 11 is 0. The van der Waals surface area contributed by atoms with Crippen molar-refractivity contribution in [1.29, 1.82) is 0 Å². The van der Waals surface area contributed by atoms with E-state index in [1.807, 2.05) is 11.0 Å². The summed E-state index contributed by atoms with van der Waals surface area (Å²) in [5.74, 6) is 0.544. The van der Waals surface area contributed by atoms with E-state index in [0.29, 0.717) is 17.3 Å². The highest BCUT2D eigenvalue weighted by Crippen LogP contribution is 2.26. The number of nitrogens with zero attached hydrogens (tertiary/aromatic N) is 2. The average Bonchev–Trinajstić information content (AvgIpc) is 2.91. The lowest BCUT2D eigenvalue weighted by Crippen LogP contribution is -2.34. The summed E-state index contributed by atoms with van der Waals surface area (Å²) in [6.07, 6.45) is 1.05. The molecule has 5 nitrogen and oxygen atoms in total. The molecule has 1 saturated heterocycles. The third kappa shape index (κ3) is 1.95. The quantitative estimate of drug-likeness (QED) is 0.768. The largest absolute Gasteiger partial charge is 0.399 e. The number of carbonyl (C=O) groups excluding carboxylic acids is 1. The minimum absolute atomic E-state index is 0.00583. The number of fused-ring (bicyclic) bond motifs is 1. The van der Waals surface area contributed by atoms with Crippen molar-refractivity contribution in [3.05, 3.63) is 23.9 Å². The maximum atomic E-state index is 12.6. The molecule has 0 spiro atoms. The Labute approximate surface area is 111 Å². The molecule has 1 aromatic heterocycles. The van der Waals surface area contributed by atoms with Crippen LogP contribution in [0.4, 0.5) is 5.69 Å². The first kappa shape index (κ1) is 12.0. The van der Waals surface area contributed by atoms with Crippen LogP contribution >= 0.6 is 0 Å². The molecule has 2 aromatic rings. The summed E-state index contributed by atoms with van der Waals surface area (Å²) in [6, 6.07) is 5.73. The van der Waals surface area contributed by atoms with E-state index in [1.54, 1.807) is 12.1 Å². The molecule has 2 heterocycles. The second-order valence-corrected chi connectivity index (χ2v) is 5.52. The fourth-order valence-electron chi connectivity index (χ4n) is 2.91. The number of amides is 1. The third-order valence-electron chi connectivity index (χ3n) is 3.83. The topological polar surface area (TPSA) is 75.0 Å². The van der Waals surface area contributed by atoms with Gasteiger partial charge in [-0.3, -0.25) is 9.89 Å². The van der Waals surface area contributed by atoms with Crippen molar-refractivity contribution < 1.29 is 4.79 Å². The van der Waals surface area contributed by atoms with E-state index in [1.165, 1.54) is 0 Å².